The van der Waals surface area contributed by atoms with Gasteiger partial charge in [-0.05, 0) is 36.4 Å². The van der Waals surface area contributed by atoms with E-state index < -0.39 is 0 Å². The maximum Gasteiger partial charge on any atom is 0.261 e. The van der Waals surface area contributed by atoms with Gasteiger partial charge in [-0.2, -0.15) is 0 Å². The van der Waals surface area contributed by atoms with Crippen molar-refractivity contribution in [2.45, 2.75) is 0 Å². The molecule has 26 heavy (non-hydrogen) atoms. The van der Waals surface area contributed by atoms with E-state index in [0.29, 0.717) is 16.8 Å². The van der Waals surface area contributed by atoms with Crippen LogP contribution in [0.15, 0.2) is 53.7 Å². The van der Waals surface area contributed by atoms with E-state index in [9.17, 15) is 14.8 Å². The minimum Gasteiger partial charge on any atom is -0.497 e. The second kappa shape index (κ2) is 7.26. The molecule has 0 bridgehead atoms. The van der Waals surface area contributed by atoms with Gasteiger partial charge in [0.15, 0.2) is 0 Å². The summed E-state index contributed by atoms with van der Waals surface area (Å²) in [6.07, 6.45) is 0. The number of oxime groups is 1. The topological polar surface area (TPSA) is 82.4 Å². The van der Waals surface area contributed by atoms with Gasteiger partial charge in [-0.25, -0.2) is 0 Å². The molecule has 0 aliphatic carbocycles. The Morgan fingerprint density at radius 3 is 2.15 bits per heavy atom. The molecule has 0 spiro atoms. The molecule has 1 aliphatic rings. The van der Waals surface area contributed by atoms with Crippen LogP contribution in [0.25, 0.3) is 0 Å². The van der Waals surface area contributed by atoms with Crippen LogP contribution in [0, 0.1) is 0 Å². The molecule has 0 fully saturated rings. The van der Waals surface area contributed by atoms with Crippen molar-refractivity contribution >= 4 is 23.2 Å². The zero-order valence-electron chi connectivity index (χ0n) is 14.5. The summed E-state index contributed by atoms with van der Waals surface area (Å²) in [4.78, 5) is 27.8. The fourth-order valence-electron chi connectivity index (χ4n) is 2.88. The summed E-state index contributed by atoms with van der Waals surface area (Å²) in [7, 11) is 3.42. The monoisotopic (exact) mass is 353 g/mol. The number of rotatable bonds is 6. The van der Waals surface area contributed by atoms with E-state index in [-0.39, 0.29) is 24.9 Å². The molecular weight excluding hydrogens is 334 g/mol. The van der Waals surface area contributed by atoms with E-state index in [0.717, 1.165) is 16.3 Å². The molecule has 0 saturated heterocycles. The Labute approximate surface area is 151 Å². The summed E-state index contributed by atoms with van der Waals surface area (Å²) in [6.45, 7) is 0.194. The van der Waals surface area contributed by atoms with Crippen LogP contribution in [0.5, 0.6) is 5.75 Å². The highest BCUT2D eigenvalue weighted by atomic mass is 16.5. The predicted octanol–water partition coefficient (Wildman–Crippen LogP) is 2.26. The largest absolute Gasteiger partial charge is 0.497 e. The second-order valence-corrected chi connectivity index (χ2v) is 5.96. The summed E-state index contributed by atoms with van der Waals surface area (Å²) in [5.41, 5.74) is 1.93. The summed E-state index contributed by atoms with van der Waals surface area (Å²) in [6, 6.07) is 14.1. The normalized spacial score (nSPS) is 13.8. The number of amides is 2. The molecule has 0 radical (unpaired) electrons. The number of hydrogen-bond acceptors (Lipinski definition) is 6. The lowest BCUT2D eigenvalue weighted by atomic mass is 10.1. The van der Waals surface area contributed by atoms with Gasteiger partial charge >= 0.3 is 0 Å². The number of carbonyl (C=O) groups is 2. The van der Waals surface area contributed by atoms with Crippen molar-refractivity contribution in [1.29, 1.82) is 0 Å². The van der Waals surface area contributed by atoms with Crippen molar-refractivity contribution in [2.75, 3.05) is 32.1 Å². The maximum atomic E-state index is 12.4. The van der Waals surface area contributed by atoms with Gasteiger partial charge in [0.1, 0.15) is 5.75 Å². The van der Waals surface area contributed by atoms with Gasteiger partial charge in [0.2, 0.25) is 0 Å². The standard InChI is InChI=1S/C19H19N3O4/c1-21(14-7-9-15(26-2)10-8-14)11-13(20-25)12-22-18(23)16-5-3-4-6-17(16)19(22)24/h3-10,25H,11-12H2,1-2H3. The van der Waals surface area contributed by atoms with Crippen LogP contribution in [0.3, 0.4) is 0 Å². The molecule has 0 atom stereocenters. The quantitative estimate of drug-likeness (QED) is 0.373. The molecule has 0 unspecified atom stereocenters. The minimum atomic E-state index is -0.376. The van der Waals surface area contributed by atoms with Crippen molar-refractivity contribution in [3.8, 4) is 5.75 Å². The Hall–Kier alpha value is -3.35. The third-order valence-electron chi connectivity index (χ3n) is 4.29. The molecule has 2 amide bonds. The van der Waals surface area contributed by atoms with Gasteiger partial charge < -0.3 is 14.8 Å². The van der Waals surface area contributed by atoms with Crippen LogP contribution in [0.1, 0.15) is 20.7 Å². The average Bonchev–Trinajstić information content (AvgIpc) is 2.92. The first-order chi connectivity index (χ1) is 12.5. The molecule has 3 rings (SSSR count). The molecule has 1 N–H and O–H groups in total. The third kappa shape index (κ3) is 3.23. The lowest BCUT2D eigenvalue weighted by Gasteiger charge is -2.22. The van der Waals surface area contributed by atoms with Crippen LogP contribution >= 0.6 is 0 Å². The van der Waals surface area contributed by atoms with E-state index in [1.54, 1.807) is 31.4 Å². The van der Waals surface area contributed by atoms with Crippen LogP contribution in [-0.4, -0.2) is 54.9 Å². The average molecular weight is 353 g/mol. The van der Waals surface area contributed by atoms with Crippen molar-refractivity contribution in [3.05, 3.63) is 59.7 Å². The number of ether oxygens (including phenoxy) is 1. The number of methoxy groups -OCH3 is 1. The molecule has 0 aromatic heterocycles. The van der Waals surface area contributed by atoms with Crippen molar-refractivity contribution in [1.82, 2.24) is 4.90 Å². The Bertz CT molecular complexity index is 826. The Morgan fingerprint density at radius 2 is 1.65 bits per heavy atom. The molecule has 2 aromatic carbocycles. The number of nitrogens with zero attached hydrogens (tertiary/aromatic N) is 3. The first-order valence-electron chi connectivity index (χ1n) is 8.05. The van der Waals surface area contributed by atoms with Crippen molar-refractivity contribution in [3.63, 3.8) is 0 Å². The highest BCUT2D eigenvalue weighted by Crippen LogP contribution is 2.23. The van der Waals surface area contributed by atoms with Crippen LogP contribution in [0.4, 0.5) is 5.69 Å². The molecule has 2 aromatic rings. The Morgan fingerprint density at radius 1 is 1.08 bits per heavy atom. The molecule has 1 aliphatic heterocycles. The first kappa shape index (κ1) is 17.5. The number of hydrogen-bond donors (Lipinski definition) is 1. The smallest absolute Gasteiger partial charge is 0.261 e. The molecule has 7 heteroatoms. The Kier molecular flexibility index (Phi) is 4.88. The number of benzene rings is 2. The number of anilines is 1. The van der Waals surface area contributed by atoms with Gasteiger partial charge in [0.05, 0.1) is 37.0 Å². The van der Waals surface area contributed by atoms with E-state index in [4.69, 9.17) is 4.74 Å². The summed E-state index contributed by atoms with van der Waals surface area (Å²) in [5, 5.41) is 12.6. The van der Waals surface area contributed by atoms with Gasteiger partial charge in [-0.1, -0.05) is 17.3 Å². The molecule has 7 nitrogen and oxygen atoms in total. The van der Waals surface area contributed by atoms with Crippen molar-refractivity contribution < 1.29 is 19.5 Å². The number of carbonyl (C=O) groups excluding carboxylic acids is 2. The zero-order chi connectivity index (χ0) is 18.7. The SMILES string of the molecule is COc1ccc(N(C)CC(CN2C(=O)c3ccccc3C2=O)=NO)cc1. The zero-order valence-corrected chi connectivity index (χ0v) is 14.5. The minimum absolute atomic E-state index is 0.0661. The fourth-order valence-corrected chi connectivity index (χ4v) is 2.88. The number of fused-ring (bicyclic) bond motifs is 1. The van der Waals surface area contributed by atoms with Gasteiger partial charge in [-0.15, -0.1) is 0 Å². The molecule has 0 saturated carbocycles. The van der Waals surface area contributed by atoms with Gasteiger partial charge in [0, 0.05) is 12.7 Å². The Balaban J connectivity index is 1.70. The lowest BCUT2D eigenvalue weighted by molar-refractivity contribution is 0.0676. The van der Waals surface area contributed by atoms with E-state index in [1.165, 1.54) is 0 Å². The molecule has 1 heterocycles. The van der Waals surface area contributed by atoms with Gasteiger partial charge in [-0.3, -0.25) is 14.5 Å². The van der Waals surface area contributed by atoms with Crippen LogP contribution in [-0.2, 0) is 0 Å². The molecular formula is C19H19N3O4. The van der Waals surface area contributed by atoms with Gasteiger partial charge in [0.25, 0.3) is 11.8 Å². The summed E-state index contributed by atoms with van der Waals surface area (Å²) >= 11 is 0. The highest BCUT2D eigenvalue weighted by molar-refractivity contribution is 6.22. The molecule has 134 valence electrons. The van der Waals surface area contributed by atoms with Crippen molar-refractivity contribution in [2.24, 2.45) is 5.16 Å². The van der Waals surface area contributed by atoms with E-state index in [1.807, 2.05) is 36.2 Å². The predicted molar refractivity (Wildman–Crippen MR) is 97.3 cm³/mol. The number of imide groups is 1. The summed E-state index contributed by atoms with van der Waals surface area (Å²) in [5.74, 6) is -0.0121. The fraction of sp³-hybridized carbons (Fsp3) is 0.211. The second-order valence-electron chi connectivity index (χ2n) is 5.96. The van der Waals surface area contributed by atoms with E-state index >= 15 is 0 Å². The highest BCUT2D eigenvalue weighted by Gasteiger charge is 2.35. The third-order valence-corrected chi connectivity index (χ3v) is 4.29. The van der Waals surface area contributed by atoms with Crippen LogP contribution < -0.4 is 9.64 Å². The summed E-state index contributed by atoms with van der Waals surface area (Å²) < 4.78 is 5.13. The van der Waals surface area contributed by atoms with E-state index in [2.05, 4.69) is 5.16 Å². The van der Waals surface area contributed by atoms with Crippen LogP contribution in [0.2, 0.25) is 0 Å². The first-order valence-corrected chi connectivity index (χ1v) is 8.05. The lowest BCUT2D eigenvalue weighted by Crippen LogP contribution is -2.39. The maximum absolute atomic E-state index is 12.4.